The maximum absolute atomic E-state index is 12.1. The third-order valence-corrected chi connectivity index (χ3v) is 3.19. The van der Waals surface area contributed by atoms with Gasteiger partial charge in [-0.25, -0.2) is 0 Å². The van der Waals surface area contributed by atoms with Gasteiger partial charge < -0.3 is 19.4 Å². The standard InChI is InChI=1S/C16H15F3N2O4/c1-21(14(22)8-20-15(23)12-6-7-24-10-12)9-11-2-4-13(5-3-11)25-16(17,18)19/h2-7,10H,8-9H2,1H3,(H,20,23). The molecule has 1 aromatic carbocycles. The van der Waals surface area contributed by atoms with Gasteiger partial charge in [-0.15, -0.1) is 13.2 Å². The van der Waals surface area contributed by atoms with Crippen LogP contribution in [0.1, 0.15) is 15.9 Å². The maximum atomic E-state index is 12.1. The molecule has 2 amide bonds. The second-order valence-electron chi connectivity index (χ2n) is 5.14. The van der Waals surface area contributed by atoms with Crippen molar-refractivity contribution >= 4 is 11.8 Å². The Balaban J connectivity index is 1.83. The molecule has 0 spiro atoms. The molecule has 0 aliphatic rings. The molecule has 0 aliphatic carbocycles. The fourth-order valence-electron chi connectivity index (χ4n) is 1.95. The van der Waals surface area contributed by atoms with E-state index in [9.17, 15) is 22.8 Å². The molecular formula is C16H15F3N2O4. The molecule has 1 aromatic heterocycles. The molecule has 1 N–H and O–H groups in total. The van der Waals surface area contributed by atoms with Gasteiger partial charge in [-0.1, -0.05) is 12.1 Å². The van der Waals surface area contributed by atoms with Crippen LogP contribution in [0, 0.1) is 0 Å². The lowest BCUT2D eigenvalue weighted by atomic mass is 10.2. The van der Waals surface area contributed by atoms with Crippen LogP contribution in [-0.2, 0) is 11.3 Å². The van der Waals surface area contributed by atoms with Crippen LogP contribution in [0.15, 0.2) is 47.3 Å². The van der Waals surface area contributed by atoms with Crippen LogP contribution < -0.4 is 10.1 Å². The Morgan fingerprint density at radius 3 is 2.44 bits per heavy atom. The molecule has 9 heteroatoms. The Morgan fingerprint density at radius 2 is 1.88 bits per heavy atom. The Hall–Kier alpha value is -2.97. The van der Waals surface area contributed by atoms with Crippen molar-refractivity contribution in [1.82, 2.24) is 10.2 Å². The summed E-state index contributed by atoms with van der Waals surface area (Å²) in [7, 11) is 1.52. The number of benzene rings is 1. The van der Waals surface area contributed by atoms with Crippen molar-refractivity contribution in [3.8, 4) is 5.75 Å². The summed E-state index contributed by atoms with van der Waals surface area (Å²) in [6, 6.07) is 6.65. The maximum Gasteiger partial charge on any atom is 0.573 e. The lowest BCUT2D eigenvalue weighted by Gasteiger charge is -2.18. The van der Waals surface area contributed by atoms with Crippen LogP contribution in [-0.4, -0.2) is 36.7 Å². The van der Waals surface area contributed by atoms with Crippen LogP contribution in [0.2, 0.25) is 0 Å². The minimum absolute atomic E-state index is 0.173. The zero-order chi connectivity index (χ0) is 18.4. The molecule has 0 fully saturated rings. The molecule has 134 valence electrons. The number of amides is 2. The van der Waals surface area contributed by atoms with E-state index in [1.54, 1.807) is 0 Å². The average molecular weight is 356 g/mol. The normalized spacial score (nSPS) is 11.0. The third kappa shape index (κ3) is 5.87. The Bertz CT molecular complexity index is 712. The fourth-order valence-corrected chi connectivity index (χ4v) is 1.95. The van der Waals surface area contributed by atoms with E-state index in [-0.39, 0.29) is 24.7 Å². The highest BCUT2D eigenvalue weighted by Gasteiger charge is 2.30. The van der Waals surface area contributed by atoms with Gasteiger partial charge >= 0.3 is 6.36 Å². The summed E-state index contributed by atoms with van der Waals surface area (Å²) in [6.45, 7) is -0.0392. The van der Waals surface area contributed by atoms with E-state index in [0.29, 0.717) is 11.1 Å². The van der Waals surface area contributed by atoms with E-state index in [4.69, 9.17) is 4.42 Å². The first-order chi connectivity index (χ1) is 11.7. The van der Waals surface area contributed by atoms with E-state index < -0.39 is 12.3 Å². The summed E-state index contributed by atoms with van der Waals surface area (Å²) in [5.74, 6) is -1.13. The van der Waals surface area contributed by atoms with Gasteiger partial charge in [0.2, 0.25) is 5.91 Å². The van der Waals surface area contributed by atoms with Gasteiger partial charge in [0, 0.05) is 13.6 Å². The van der Waals surface area contributed by atoms with Gasteiger partial charge in [0.15, 0.2) is 0 Å². The van der Waals surface area contributed by atoms with Gasteiger partial charge in [0.25, 0.3) is 5.91 Å². The minimum Gasteiger partial charge on any atom is -0.472 e. The van der Waals surface area contributed by atoms with Gasteiger partial charge in [-0.3, -0.25) is 9.59 Å². The van der Waals surface area contributed by atoms with Crippen molar-refractivity contribution < 1.29 is 31.9 Å². The molecule has 2 rings (SSSR count). The number of carbonyl (C=O) groups excluding carboxylic acids is 2. The van der Waals surface area contributed by atoms with Crippen molar-refractivity contribution in [2.45, 2.75) is 12.9 Å². The molecule has 0 saturated heterocycles. The molecule has 0 bridgehead atoms. The fraction of sp³-hybridized carbons (Fsp3) is 0.250. The SMILES string of the molecule is CN(Cc1ccc(OC(F)(F)F)cc1)C(=O)CNC(=O)c1ccoc1. The van der Waals surface area contributed by atoms with E-state index in [1.807, 2.05) is 0 Å². The number of hydrogen-bond acceptors (Lipinski definition) is 4. The predicted octanol–water partition coefficient (Wildman–Crippen LogP) is 2.57. The lowest BCUT2D eigenvalue weighted by molar-refractivity contribution is -0.274. The molecule has 1 heterocycles. The summed E-state index contributed by atoms with van der Waals surface area (Å²) >= 11 is 0. The number of furan rings is 1. The second kappa shape index (κ2) is 7.73. The molecular weight excluding hydrogens is 341 g/mol. The van der Waals surface area contributed by atoms with E-state index in [0.717, 1.165) is 0 Å². The van der Waals surface area contributed by atoms with Gasteiger partial charge in [0.1, 0.15) is 12.0 Å². The summed E-state index contributed by atoms with van der Waals surface area (Å²) in [5.41, 5.74) is 0.919. The first-order valence-corrected chi connectivity index (χ1v) is 7.13. The highest BCUT2D eigenvalue weighted by atomic mass is 19.4. The number of ether oxygens (including phenoxy) is 1. The Kier molecular flexibility index (Phi) is 5.68. The third-order valence-electron chi connectivity index (χ3n) is 3.19. The van der Waals surface area contributed by atoms with Crippen LogP contribution in [0.4, 0.5) is 13.2 Å². The molecule has 0 aliphatic heterocycles. The van der Waals surface area contributed by atoms with Crippen molar-refractivity contribution in [3.05, 3.63) is 54.0 Å². The monoisotopic (exact) mass is 356 g/mol. The molecule has 0 atom stereocenters. The number of carbonyl (C=O) groups is 2. The average Bonchev–Trinajstić information content (AvgIpc) is 3.07. The Morgan fingerprint density at radius 1 is 1.20 bits per heavy atom. The Labute approximate surface area is 141 Å². The number of rotatable bonds is 6. The van der Waals surface area contributed by atoms with E-state index >= 15 is 0 Å². The smallest absolute Gasteiger partial charge is 0.472 e. The van der Waals surface area contributed by atoms with Gasteiger partial charge in [0.05, 0.1) is 18.4 Å². The van der Waals surface area contributed by atoms with Crippen molar-refractivity contribution in [1.29, 1.82) is 0 Å². The van der Waals surface area contributed by atoms with Gasteiger partial charge in [-0.2, -0.15) is 0 Å². The van der Waals surface area contributed by atoms with E-state index in [2.05, 4.69) is 10.1 Å². The second-order valence-corrected chi connectivity index (χ2v) is 5.14. The summed E-state index contributed by atoms with van der Waals surface area (Å²) < 4.78 is 44.8. The van der Waals surface area contributed by atoms with Gasteiger partial charge in [-0.05, 0) is 23.8 Å². The number of halogens is 3. The highest BCUT2D eigenvalue weighted by molar-refractivity contribution is 5.96. The molecule has 0 unspecified atom stereocenters. The zero-order valence-electron chi connectivity index (χ0n) is 13.2. The number of nitrogens with zero attached hydrogens (tertiary/aromatic N) is 1. The number of hydrogen-bond donors (Lipinski definition) is 1. The molecule has 2 aromatic rings. The molecule has 0 saturated carbocycles. The van der Waals surface area contributed by atoms with Crippen molar-refractivity contribution in [2.24, 2.45) is 0 Å². The van der Waals surface area contributed by atoms with E-state index in [1.165, 1.54) is 54.8 Å². The highest BCUT2D eigenvalue weighted by Crippen LogP contribution is 2.22. The van der Waals surface area contributed by atoms with Crippen molar-refractivity contribution in [2.75, 3.05) is 13.6 Å². The minimum atomic E-state index is -4.75. The predicted molar refractivity (Wildman–Crippen MR) is 80.6 cm³/mol. The quantitative estimate of drug-likeness (QED) is 0.864. The van der Waals surface area contributed by atoms with Crippen LogP contribution in [0.25, 0.3) is 0 Å². The topological polar surface area (TPSA) is 71.8 Å². The summed E-state index contributed by atoms with van der Waals surface area (Å²) in [4.78, 5) is 25.0. The summed E-state index contributed by atoms with van der Waals surface area (Å²) in [5, 5.41) is 2.45. The molecule has 6 nitrogen and oxygen atoms in total. The van der Waals surface area contributed by atoms with Crippen LogP contribution in [0.3, 0.4) is 0 Å². The first-order valence-electron chi connectivity index (χ1n) is 7.13. The number of likely N-dealkylation sites (N-methyl/N-ethyl adjacent to an activating group) is 1. The largest absolute Gasteiger partial charge is 0.573 e. The first kappa shape index (κ1) is 18.4. The summed E-state index contributed by atoms with van der Waals surface area (Å²) in [6.07, 6.45) is -2.15. The molecule has 0 radical (unpaired) electrons. The lowest BCUT2D eigenvalue weighted by Crippen LogP contribution is -2.37. The van der Waals surface area contributed by atoms with Crippen LogP contribution >= 0.6 is 0 Å². The van der Waals surface area contributed by atoms with Crippen LogP contribution in [0.5, 0.6) is 5.75 Å². The number of alkyl halides is 3. The molecule has 25 heavy (non-hydrogen) atoms. The van der Waals surface area contributed by atoms with Crippen molar-refractivity contribution in [3.63, 3.8) is 0 Å². The zero-order valence-corrected chi connectivity index (χ0v) is 13.2. The number of nitrogens with one attached hydrogen (secondary N) is 1.